The Hall–Kier alpha value is -3.35. The summed E-state index contributed by atoms with van der Waals surface area (Å²) in [6.45, 7) is 0. The van der Waals surface area contributed by atoms with Crippen LogP contribution in [0.3, 0.4) is 0 Å². The van der Waals surface area contributed by atoms with Crippen LogP contribution in [0.5, 0.6) is 11.8 Å². The summed E-state index contributed by atoms with van der Waals surface area (Å²) in [5.41, 5.74) is 1.79. The number of benzene rings is 2. The van der Waals surface area contributed by atoms with E-state index in [0.29, 0.717) is 16.7 Å². The number of hydrogen-bond donors (Lipinski definition) is 1. The number of H-pyrrole nitrogens is 1. The Morgan fingerprint density at radius 2 is 1.75 bits per heavy atom. The van der Waals surface area contributed by atoms with E-state index in [2.05, 4.69) is 20.2 Å². The highest BCUT2D eigenvalue weighted by atomic mass is 19.1. The average molecular weight is 324 g/mol. The molecule has 0 spiro atoms. The second-order valence-corrected chi connectivity index (χ2v) is 5.03. The third-order valence-electron chi connectivity index (χ3n) is 3.46. The zero-order chi connectivity index (χ0) is 16.5. The molecule has 0 bridgehead atoms. The van der Waals surface area contributed by atoms with Gasteiger partial charge in [-0.15, -0.1) is 0 Å². The lowest BCUT2D eigenvalue weighted by Crippen LogP contribution is -1.93. The highest BCUT2D eigenvalue weighted by Gasteiger charge is 2.12. The molecule has 0 unspecified atom stereocenters. The van der Waals surface area contributed by atoms with E-state index in [4.69, 9.17) is 4.74 Å². The predicted molar refractivity (Wildman–Crippen MR) is 83.6 cm³/mol. The number of para-hydroxylation sites is 1. The average Bonchev–Trinajstić information content (AvgIpc) is 3.01. The van der Waals surface area contributed by atoms with Gasteiger partial charge in [0.05, 0.1) is 11.1 Å². The fourth-order valence-corrected chi connectivity index (χ4v) is 2.30. The number of nitrogens with zero attached hydrogens (tertiary/aromatic N) is 3. The highest BCUT2D eigenvalue weighted by molar-refractivity contribution is 5.90. The lowest BCUT2D eigenvalue weighted by molar-refractivity contribution is 0.412. The third-order valence-corrected chi connectivity index (χ3v) is 3.46. The maximum atomic E-state index is 13.6. The van der Waals surface area contributed by atoms with E-state index in [0.717, 1.165) is 5.56 Å². The summed E-state index contributed by atoms with van der Waals surface area (Å²) >= 11 is 0. The lowest BCUT2D eigenvalue weighted by Gasteiger charge is -2.04. The number of nitrogens with one attached hydrogen (secondary N) is 1. The first-order valence-corrected chi connectivity index (χ1v) is 7.10. The number of rotatable bonds is 3. The topological polar surface area (TPSA) is 63.7 Å². The van der Waals surface area contributed by atoms with Gasteiger partial charge < -0.3 is 4.74 Å². The van der Waals surface area contributed by atoms with Gasteiger partial charge in [-0.2, -0.15) is 10.1 Å². The summed E-state index contributed by atoms with van der Waals surface area (Å²) in [7, 11) is 0. The number of ether oxygens (including phenoxy) is 1. The van der Waals surface area contributed by atoms with Gasteiger partial charge in [-0.05, 0) is 36.4 Å². The Balaban J connectivity index is 1.70. The SMILES string of the molecule is Fc1ccc(-c2[nH]nc3nc(Oc4ccccc4F)ncc23)cc1. The minimum Gasteiger partial charge on any atom is -0.421 e. The first-order chi connectivity index (χ1) is 11.7. The summed E-state index contributed by atoms with van der Waals surface area (Å²) in [4.78, 5) is 8.24. The third kappa shape index (κ3) is 2.56. The monoisotopic (exact) mass is 324 g/mol. The molecule has 0 aliphatic carbocycles. The van der Waals surface area contributed by atoms with Crippen molar-refractivity contribution in [2.24, 2.45) is 0 Å². The molecule has 0 aliphatic rings. The van der Waals surface area contributed by atoms with Crippen molar-refractivity contribution < 1.29 is 13.5 Å². The fourth-order valence-electron chi connectivity index (χ4n) is 2.30. The molecule has 0 amide bonds. The van der Waals surface area contributed by atoms with E-state index < -0.39 is 5.82 Å². The van der Waals surface area contributed by atoms with Crippen LogP contribution in [0.4, 0.5) is 8.78 Å². The number of hydrogen-bond acceptors (Lipinski definition) is 4. The van der Waals surface area contributed by atoms with Crippen molar-refractivity contribution in [1.82, 2.24) is 20.2 Å². The van der Waals surface area contributed by atoms with Crippen LogP contribution in [-0.2, 0) is 0 Å². The van der Waals surface area contributed by atoms with Crippen molar-refractivity contribution in [1.29, 1.82) is 0 Å². The summed E-state index contributed by atoms with van der Waals surface area (Å²) in [6, 6.07) is 12.0. The summed E-state index contributed by atoms with van der Waals surface area (Å²) in [6.07, 6.45) is 1.53. The standard InChI is InChI=1S/C17H10F2N4O/c18-11-7-5-10(6-8-11)15-12-9-20-17(21-16(12)23-22-15)24-14-4-2-1-3-13(14)19/h1-9H,(H,20,21,22,23). The Morgan fingerprint density at radius 1 is 0.958 bits per heavy atom. The van der Waals surface area contributed by atoms with Crippen LogP contribution >= 0.6 is 0 Å². The molecule has 4 aromatic rings. The first kappa shape index (κ1) is 14.3. The molecule has 0 fully saturated rings. The number of halogens is 2. The molecular formula is C17H10F2N4O. The van der Waals surface area contributed by atoms with Crippen molar-refractivity contribution in [2.45, 2.75) is 0 Å². The number of aromatic nitrogens is 4. The molecule has 0 saturated heterocycles. The zero-order valence-electron chi connectivity index (χ0n) is 12.2. The molecule has 24 heavy (non-hydrogen) atoms. The van der Waals surface area contributed by atoms with Gasteiger partial charge in [0, 0.05) is 11.8 Å². The zero-order valence-corrected chi connectivity index (χ0v) is 12.2. The summed E-state index contributed by atoms with van der Waals surface area (Å²) in [5, 5.41) is 7.60. The van der Waals surface area contributed by atoms with E-state index in [1.165, 1.54) is 30.5 Å². The van der Waals surface area contributed by atoms with E-state index in [1.807, 2.05) is 0 Å². The molecule has 1 N–H and O–H groups in total. The fraction of sp³-hybridized carbons (Fsp3) is 0. The second kappa shape index (κ2) is 5.69. The molecule has 0 saturated carbocycles. The van der Waals surface area contributed by atoms with Crippen molar-refractivity contribution in [3.63, 3.8) is 0 Å². The van der Waals surface area contributed by atoms with Crippen molar-refractivity contribution in [3.8, 4) is 23.0 Å². The summed E-state index contributed by atoms with van der Waals surface area (Å²) in [5.74, 6) is -0.791. The first-order valence-electron chi connectivity index (χ1n) is 7.10. The maximum Gasteiger partial charge on any atom is 0.324 e. The minimum atomic E-state index is -0.504. The van der Waals surface area contributed by atoms with Crippen LogP contribution in [0.2, 0.25) is 0 Å². The lowest BCUT2D eigenvalue weighted by atomic mass is 10.1. The van der Waals surface area contributed by atoms with Gasteiger partial charge in [0.2, 0.25) is 0 Å². The van der Waals surface area contributed by atoms with Crippen molar-refractivity contribution in [3.05, 3.63) is 66.4 Å². The van der Waals surface area contributed by atoms with Gasteiger partial charge in [-0.25, -0.2) is 13.8 Å². The molecule has 2 aromatic carbocycles. The number of fused-ring (bicyclic) bond motifs is 1. The van der Waals surface area contributed by atoms with Crippen LogP contribution in [0, 0.1) is 11.6 Å². The van der Waals surface area contributed by atoms with Crippen molar-refractivity contribution in [2.75, 3.05) is 0 Å². The quantitative estimate of drug-likeness (QED) is 0.616. The van der Waals surface area contributed by atoms with E-state index in [9.17, 15) is 8.78 Å². The number of aromatic amines is 1. The maximum absolute atomic E-state index is 13.6. The molecule has 2 aromatic heterocycles. The molecule has 2 heterocycles. The van der Waals surface area contributed by atoms with Gasteiger partial charge >= 0.3 is 6.01 Å². The molecule has 5 nitrogen and oxygen atoms in total. The van der Waals surface area contributed by atoms with Crippen LogP contribution in [-0.4, -0.2) is 20.2 Å². The molecule has 0 aliphatic heterocycles. The molecule has 0 radical (unpaired) electrons. The molecule has 7 heteroatoms. The van der Waals surface area contributed by atoms with Crippen LogP contribution < -0.4 is 4.74 Å². The molecule has 4 rings (SSSR count). The minimum absolute atomic E-state index is 0.00949. The van der Waals surface area contributed by atoms with Crippen molar-refractivity contribution >= 4 is 11.0 Å². The Kier molecular flexibility index (Phi) is 3.38. The molecule has 0 atom stereocenters. The van der Waals surface area contributed by atoms with Gasteiger partial charge in [0.15, 0.2) is 17.2 Å². The highest BCUT2D eigenvalue weighted by Crippen LogP contribution is 2.27. The van der Waals surface area contributed by atoms with Gasteiger partial charge in [-0.1, -0.05) is 12.1 Å². The normalized spacial score (nSPS) is 10.9. The van der Waals surface area contributed by atoms with Crippen LogP contribution in [0.1, 0.15) is 0 Å². The predicted octanol–water partition coefficient (Wildman–Crippen LogP) is 4.09. The molecule has 118 valence electrons. The Bertz CT molecular complexity index is 1010. The summed E-state index contributed by atoms with van der Waals surface area (Å²) < 4.78 is 32.0. The molecular weight excluding hydrogens is 314 g/mol. The van der Waals surface area contributed by atoms with E-state index in [-0.39, 0.29) is 17.6 Å². The van der Waals surface area contributed by atoms with Crippen LogP contribution in [0.25, 0.3) is 22.3 Å². The smallest absolute Gasteiger partial charge is 0.324 e. The Labute approximate surface area is 135 Å². The Morgan fingerprint density at radius 3 is 2.54 bits per heavy atom. The largest absolute Gasteiger partial charge is 0.421 e. The van der Waals surface area contributed by atoms with Gasteiger partial charge in [0.1, 0.15) is 5.82 Å². The van der Waals surface area contributed by atoms with Crippen LogP contribution in [0.15, 0.2) is 54.7 Å². The second-order valence-electron chi connectivity index (χ2n) is 5.03. The van der Waals surface area contributed by atoms with Gasteiger partial charge in [-0.3, -0.25) is 5.10 Å². The van der Waals surface area contributed by atoms with Gasteiger partial charge in [0.25, 0.3) is 0 Å². The van der Waals surface area contributed by atoms with E-state index in [1.54, 1.807) is 24.3 Å². The van der Waals surface area contributed by atoms with E-state index >= 15 is 0 Å².